The molecule has 0 saturated heterocycles. The van der Waals surface area contributed by atoms with Gasteiger partial charge in [0.15, 0.2) is 18.4 Å². The van der Waals surface area contributed by atoms with Crippen LogP contribution in [-0.2, 0) is 15.7 Å². The fourth-order valence-corrected chi connectivity index (χ4v) is 6.96. The van der Waals surface area contributed by atoms with Crippen LogP contribution in [-0.4, -0.2) is 36.1 Å². The lowest BCUT2D eigenvalue weighted by Gasteiger charge is -2.40. The molecule has 34 heavy (non-hydrogen) atoms. The van der Waals surface area contributed by atoms with Gasteiger partial charge in [0, 0.05) is 26.3 Å². The molecule has 10 heteroatoms. The second kappa shape index (κ2) is 10.2. The van der Waals surface area contributed by atoms with Gasteiger partial charge in [-0.25, -0.2) is 13.0 Å². The van der Waals surface area contributed by atoms with Gasteiger partial charge in [0.1, 0.15) is 5.67 Å². The minimum Gasteiger partial charge on any atom is -0.464 e. The van der Waals surface area contributed by atoms with Crippen molar-refractivity contribution in [1.29, 1.82) is 0 Å². The molecule has 194 valence electrons. The first-order valence-electron chi connectivity index (χ1n) is 11.8. The highest BCUT2D eigenvalue weighted by molar-refractivity contribution is 7.84. The molecule has 0 radical (unpaired) electrons. The van der Waals surface area contributed by atoms with E-state index in [2.05, 4.69) is 19.6 Å². The van der Waals surface area contributed by atoms with Crippen LogP contribution in [0.15, 0.2) is 6.07 Å². The molecule has 0 aliphatic heterocycles. The van der Waals surface area contributed by atoms with E-state index < -0.39 is 46.6 Å². The van der Waals surface area contributed by atoms with E-state index in [4.69, 9.17) is 37.8 Å². The number of hydrogen-bond donors (Lipinski definition) is 1. The maximum Gasteiger partial charge on any atom is 0.189 e. The van der Waals surface area contributed by atoms with Crippen molar-refractivity contribution in [3.05, 3.63) is 27.5 Å². The maximum atomic E-state index is 16.0. The molecule has 0 amide bonds. The fourth-order valence-electron chi connectivity index (χ4n) is 5.40. The van der Waals surface area contributed by atoms with E-state index in [0.717, 1.165) is 6.04 Å². The van der Waals surface area contributed by atoms with Crippen LogP contribution in [0.3, 0.4) is 0 Å². The molecule has 2 atom stereocenters. The standard InChI is InChI=1S/C24H37Cl2F2NO3SSi/c1-22(2,33(29)30)13-16(23-6-8-24(28,14-23)9-7-23)19-20(26)17(25)12-18(21(19)27)32-15-31-10-11-34(3,4)5/h12,16H,6-11,13-15,29H2,1-5H3/t16-,23?,24?,33?/m1/s1. The largest absolute Gasteiger partial charge is 0.464 e. The van der Waals surface area contributed by atoms with Crippen LogP contribution in [0, 0.1) is 11.2 Å². The quantitative estimate of drug-likeness (QED) is 0.134. The summed E-state index contributed by atoms with van der Waals surface area (Å²) in [4.78, 5) is 0. The van der Waals surface area contributed by atoms with Crippen LogP contribution in [0.2, 0.25) is 35.7 Å². The van der Waals surface area contributed by atoms with E-state index in [1.165, 1.54) is 6.07 Å². The zero-order chi connectivity index (χ0) is 25.5. The van der Waals surface area contributed by atoms with Gasteiger partial charge in [-0.1, -0.05) is 42.8 Å². The van der Waals surface area contributed by atoms with Crippen molar-refractivity contribution >= 4 is 42.3 Å². The summed E-state index contributed by atoms with van der Waals surface area (Å²) in [5.74, 6) is -1.17. The number of halogens is 4. The minimum absolute atomic E-state index is 0.0482. The third-order valence-electron chi connectivity index (χ3n) is 7.59. The number of rotatable bonds is 11. The van der Waals surface area contributed by atoms with Crippen molar-refractivity contribution in [2.75, 3.05) is 13.4 Å². The minimum atomic E-state index is -1.67. The van der Waals surface area contributed by atoms with E-state index in [1.807, 2.05) is 0 Å². The molecular formula is C24H37Cl2F2NO3SSi. The molecule has 2 bridgehead atoms. The molecule has 1 unspecified atom stereocenters. The highest BCUT2D eigenvalue weighted by Gasteiger charge is 2.59. The van der Waals surface area contributed by atoms with Crippen molar-refractivity contribution in [3.8, 4) is 5.75 Å². The fraction of sp³-hybridized carbons (Fsp3) is 0.750. The van der Waals surface area contributed by atoms with Crippen molar-refractivity contribution in [3.63, 3.8) is 0 Å². The van der Waals surface area contributed by atoms with E-state index in [9.17, 15) is 4.21 Å². The third kappa shape index (κ3) is 6.17. The molecular weight excluding hydrogens is 519 g/mol. The topological polar surface area (TPSA) is 61.6 Å². The van der Waals surface area contributed by atoms with Gasteiger partial charge in [-0.2, -0.15) is 0 Å². The monoisotopic (exact) mass is 555 g/mol. The normalized spacial score (nSPS) is 26.6. The lowest BCUT2D eigenvalue weighted by Crippen LogP contribution is -2.38. The van der Waals surface area contributed by atoms with Gasteiger partial charge in [-0.15, -0.1) is 0 Å². The average Bonchev–Trinajstić information content (AvgIpc) is 3.24. The van der Waals surface area contributed by atoms with Crippen LogP contribution in [0.4, 0.5) is 8.78 Å². The summed E-state index contributed by atoms with van der Waals surface area (Å²) in [5, 5.41) is 6.03. The summed E-state index contributed by atoms with van der Waals surface area (Å²) in [5.41, 5.74) is -1.53. The molecule has 2 fully saturated rings. The number of alkyl halides is 1. The molecule has 2 aliphatic rings. The zero-order valence-electron chi connectivity index (χ0n) is 20.7. The Morgan fingerprint density at radius 2 is 1.85 bits per heavy atom. The second-order valence-corrected chi connectivity index (χ2v) is 20.0. The number of benzene rings is 1. The van der Waals surface area contributed by atoms with Gasteiger partial charge < -0.3 is 9.47 Å². The van der Waals surface area contributed by atoms with Gasteiger partial charge in [0.25, 0.3) is 0 Å². The molecule has 1 aromatic carbocycles. The smallest absolute Gasteiger partial charge is 0.189 e. The van der Waals surface area contributed by atoms with E-state index in [-0.39, 0.29) is 34.6 Å². The average molecular weight is 557 g/mol. The molecule has 3 rings (SSSR count). The van der Waals surface area contributed by atoms with Gasteiger partial charge in [-0.3, -0.25) is 5.14 Å². The first-order chi connectivity index (χ1) is 15.6. The van der Waals surface area contributed by atoms with Gasteiger partial charge in [0.2, 0.25) is 0 Å². The van der Waals surface area contributed by atoms with E-state index >= 15 is 8.78 Å². The van der Waals surface area contributed by atoms with Crippen LogP contribution in [0.1, 0.15) is 63.9 Å². The van der Waals surface area contributed by atoms with Crippen LogP contribution in [0.5, 0.6) is 5.75 Å². The van der Waals surface area contributed by atoms with Crippen molar-refractivity contribution in [2.45, 2.75) is 94.4 Å². The lowest BCUT2D eigenvalue weighted by atomic mass is 9.66. The molecule has 2 aliphatic carbocycles. The summed E-state index contributed by atoms with van der Waals surface area (Å²) < 4.78 is 53.9. The molecule has 1 aromatic rings. The van der Waals surface area contributed by atoms with Crippen LogP contribution < -0.4 is 9.88 Å². The number of fused-ring (bicyclic) bond motifs is 2. The molecule has 0 spiro atoms. The summed E-state index contributed by atoms with van der Waals surface area (Å²) in [6, 6.07) is 2.32. The Hall–Kier alpha value is -0.253. The van der Waals surface area contributed by atoms with Crippen molar-refractivity contribution < 1.29 is 22.5 Å². The number of nitrogens with two attached hydrogens (primary N) is 1. The Kier molecular flexibility index (Phi) is 8.54. The highest BCUT2D eigenvalue weighted by atomic mass is 35.5. The summed E-state index contributed by atoms with van der Waals surface area (Å²) >= 11 is 13.0. The zero-order valence-corrected chi connectivity index (χ0v) is 24.1. The van der Waals surface area contributed by atoms with Gasteiger partial charge >= 0.3 is 0 Å². The summed E-state index contributed by atoms with van der Waals surface area (Å²) in [6.45, 7) is 10.7. The Balaban J connectivity index is 1.95. The van der Waals surface area contributed by atoms with Gasteiger partial charge in [0.05, 0.1) is 25.8 Å². The second-order valence-electron chi connectivity index (χ2n) is 11.9. The summed E-state index contributed by atoms with van der Waals surface area (Å²) in [6.07, 6.45) is 2.71. The van der Waals surface area contributed by atoms with Crippen molar-refractivity contribution in [2.24, 2.45) is 10.6 Å². The number of ether oxygens (including phenoxy) is 2. The van der Waals surface area contributed by atoms with Crippen LogP contribution >= 0.6 is 23.2 Å². The predicted molar refractivity (Wildman–Crippen MR) is 139 cm³/mol. The van der Waals surface area contributed by atoms with Crippen LogP contribution in [0.25, 0.3) is 0 Å². The summed E-state index contributed by atoms with van der Waals surface area (Å²) in [7, 11) is -2.93. The Labute approximate surface area is 215 Å². The molecule has 0 heterocycles. The molecule has 4 nitrogen and oxygen atoms in total. The maximum absolute atomic E-state index is 16.0. The SMILES string of the molecule is CC(C)(C[C@H](c1c(F)c(OCOCC[Si](C)(C)C)cc(Cl)c1Cl)C12CCC(F)(CC1)C2)S(N)=O. The first-order valence-corrected chi connectivity index (χ1v) is 17.5. The molecule has 2 N–H and O–H groups in total. The lowest BCUT2D eigenvalue weighted by molar-refractivity contribution is 0.0195. The Morgan fingerprint density at radius 3 is 2.35 bits per heavy atom. The van der Waals surface area contributed by atoms with E-state index in [1.54, 1.807) is 13.8 Å². The third-order valence-corrected chi connectivity index (χ3v) is 11.4. The predicted octanol–water partition coefficient (Wildman–Crippen LogP) is 7.37. The van der Waals surface area contributed by atoms with Gasteiger partial charge in [-0.05, 0) is 69.7 Å². The van der Waals surface area contributed by atoms with Crippen molar-refractivity contribution in [1.82, 2.24) is 0 Å². The van der Waals surface area contributed by atoms with E-state index in [0.29, 0.717) is 38.7 Å². The molecule has 2 saturated carbocycles. The molecule has 0 aromatic heterocycles. The first kappa shape index (κ1) is 28.3. The Morgan fingerprint density at radius 1 is 1.24 bits per heavy atom. The Bertz CT molecular complexity index is 934. The highest BCUT2D eigenvalue weighted by Crippen LogP contribution is 2.66. The number of hydrogen-bond acceptors (Lipinski definition) is 3.